The topological polar surface area (TPSA) is 231 Å². The van der Waals surface area contributed by atoms with Crippen LogP contribution in [0.15, 0.2) is 0 Å². The van der Waals surface area contributed by atoms with E-state index in [9.17, 15) is 33.9 Å². The Bertz CT molecular complexity index is 733. The normalized spacial score (nSPS) is 14.5. The predicted molar refractivity (Wildman–Crippen MR) is 120 cm³/mol. The monoisotopic (exact) mass is 491 g/mol. The van der Waals surface area contributed by atoms with Gasteiger partial charge in [0.1, 0.15) is 18.1 Å². The maximum Gasteiger partial charge on any atom is 0.326 e. The SMILES string of the molecule is CSCCC(NC(=O)C(CC(=O)O)NC(=O)C(N)CCC(N)=O)C(=O)NC(C(=O)O)C(C)C. The van der Waals surface area contributed by atoms with Crippen LogP contribution in [0.25, 0.3) is 0 Å². The summed E-state index contributed by atoms with van der Waals surface area (Å²) in [4.78, 5) is 71.1. The summed E-state index contributed by atoms with van der Waals surface area (Å²) < 4.78 is 0. The van der Waals surface area contributed by atoms with Crippen LogP contribution in [0.3, 0.4) is 0 Å². The van der Waals surface area contributed by atoms with Crippen LogP contribution in [-0.4, -0.2) is 82.0 Å². The number of carboxylic acids is 2. The van der Waals surface area contributed by atoms with E-state index in [1.165, 1.54) is 11.8 Å². The van der Waals surface area contributed by atoms with Crippen molar-refractivity contribution in [2.24, 2.45) is 17.4 Å². The lowest BCUT2D eigenvalue weighted by atomic mass is 10.0. The van der Waals surface area contributed by atoms with Crippen molar-refractivity contribution >= 4 is 47.3 Å². The average molecular weight is 492 g/mol. The number of hydrogen-bond acceptors (Lipinski definition) is 8. The maximum atomic E-state index is 12.7. The Balaban J connectivity index is 5.44. The molecule has 0 saturated carbocycles. The van der Waals surface area contributed by atoms with E-state index in [0.29, 0.717) is 5.75 Å². The van der Waals surface area contributed by atoms with Gasteiger partial charge in [0, 0.05) is 6.42 Å². The first-order chi connectivity index (χ1) is 15.3. The molecular formula is C19H33N5O8S. The van der Waals surface area contributed by atoms with Crippen LogP contribution in [0.1, 0.15) is 39.5 Å². The van der Waals surface area contributed by atoms with Gasteiger partial charge in [-0.3, -0.25) is 24.0 Å². The Morgan fingerprint density at radius 3 is 1.88 bits per heavy atom. The minimum atomic E-state index is -1.56. The molecule has 0 saturated heterocycles. The van der Waals surface area contributed by atoms with Gasteiger partial charge < -0.3 is 37.6 Å². The van der Waals surface area contributed by atoms with Gasteiger partial charge in [-0.2, -0.15) is 11.8 Å². The summed E-state index contributed by atoms with van der Waals surface area (Å²) in [5.74, 6) is -5.88. The van der Waals surface area contributed by atoms with Crippen LogP contribution in [0.5, 0.6) is 0 Å². The first kappa shape index (κ1) is 30.1. The van der Waals surface area contributed by atoms with E-state index in [0.717, 1.165) is 0 Å². The number of amides is 4. The zero-order valence-corrected chi connectivity index (χ0v) is 19.6. The van der Waals surface area contributed by atoms with Gasteiger partial charge in [0.15, 0.2) is 0 Å². The number of thioether (sulfide) groups is 1. The predicted octanol–water partition coefficient (Wildman–Crippen LogP) is -2.00. The third kappa shape index (κ3) is 12.1. The van der Waals surface area contributed by atoms with Crippen LogP contribution < -0.4 is 27.4 Å². The Kier molecular flexibility index (Phi) is 13.7. The molecule has 0 radical (unpaired) electrons. The van der Waals surface area contributed by atoms with Crippen molar-refractivity contribution in [3.8, 4) is 0 Å². The van der Waals surface area contributed by atoms with Gasteiger partial charge in [0.25, 0.3) is 0 Å². The van der Waals surface area contributed by atoms with E-state index in [2.05, 4.69) is 16.0 Å². The van der Waals surface area contributed by atoms with Crippen LogP contribution >= 0.6 is 11.8 Å². The average Bonchev–Trinajstić information content (AvgIpc) is 2.71. The summed E-state index contributed by atoms with van der Waals surface area (Å²) >= 11 is 1.38. The molecule has 188 valence electrons. The van der Waals surface area contributed by atoms with Crippen molar-refractivity contribution in [1.82, 2.24) is 16.0 Å². The molecule has 13 nitrogen and oxygen atoms in total. The second-order valence-electron chi connectivity index (χ2n) is 7.68. The molecule has 0 aliphatic rings. The molecule has 4 unspecified atom stereocenters. The van der Waals surface area contributed by atoms with Crippen LogP contribution in [-0.2, 0) is 28.8 Å². The highest BCUT2D eigenvalue weighted by atomic mass is 32.2. The van der Waals surface area contributed by atoms with Crippen molar-refractivity contribution in [3.63, 3.8) is 0 Å². The highest BCUT2D eigenvalue weighted by Gasteiger charge is 2.32. The number of nitrogens with two attached hydrogens (primary N) is 2. The Labute approximate surface area is 195 Å². The van der Waals surface area contributed by atoms with Gasteiger partial charge in [0.05, 0.1) is 12.5 Å². The molecule has 0 spiro atoms. The second kappa shape index (κ2) is 15.1. The van der Waals surface area contributed by atoms with Gasteiger partial charge in [-0.15, -0.1) is 0 Å². The van der Waals surface area contributed by atoms with Crippen LogP contribution in [0.4, 0.5) is 0 Å². The number of rotatable bonds is 16. The molecule has 0 fully saturated rings. The molecule has 0 bridgehead atoms. The summed E-state index contributed by atoms with van der Waals surface area (Å²) in [6.07, 6.45) is 0.830. The number of hydrogen-bond donors (Lipinski definition) is 7. The standard InChI is InChI=1S/C19H33N5O8S/c1-9(2)15(19(31)32)24-17(29)11(6-7-33-3)22-18(30)12(8-14(26)27)23-16(28)10(20)4-5-13(21)25/h9-12,15H,4-8,20H2,1-3H3,(H2,21,25)(H,22,30)(H,23,28)(H,24,29)(H,26,27)(H,31,32). The van der Waals surface area contributed by atoms with E-state index in [1.807, 2.05) is 0 Å². The molecule has 4 atom stereocenters. The van der Waals surface area contributed by atoms with Crippen LogP contribution in [0.2, 0.25) is 0 Å². The molecule has 14 heteroatoms. The van der Waals surface area contributed by atoms with Crippen molar-refractivity contribution in [2.45, 2.75) is 63.7 Å². The Morgan fingerprint density at radius 2 is 1.42 bits per heavy atom. The summed E-state index contributed by atoms with van der Waals surface area (Å²) in [5.41, 5.74) is 10.7. The van der Waals surface area contributed by atoms with Gasteiger partial charge >= 0.3 is 11.9 Å². The van der Waals surface area contributed by atoms with Crippen molar-refractivity contribution in [1.29, 1.82) is 0 Å². The van der Waals surface area contributed by atoms with Gasteiger partial charge in [0.2, 0.25) is 23.6 Å². The first-order valence-corrected chi connectivity index (χ1v) is 11.6. The van der Waals surface area contributed by atoms with Crippen LogP contribution in [0, 0.1) is 5.92 Å². The number of carbonyl (C=O) groups excluding carboxylic acids is 4. The van der Waals surface area contributed by atoms with E-state index in [-0.39, 0.29) is 19.3 Å². The molecular weight excluding hydrogens is 458 g/mol. The quantitative estimate of drug-likeness (QED) is 0.125. The molecule has 0 rings (SSSR count). The van der Waals surface area contributed by atoms with Crippen molar-refractivity contribution in [2.75, 3.05) is 12.0 Å². The lowest BCUT2D eigenvalue weighted by Gasteiger charge is -2.25. The van der Waals surface area contributed by atoms with E-state index in [4.69, 9.17) is 16.6 Å². The fraction of sp³-hybridized carbons (Fsp3) is 0.684. The first-order valence-electron chi connectivity index (χ1n) is 10.2. The van der Waals surface area contributed by atoms with Crippen molar-refractivity contribution in [3.05, 3.63) is 0 Å². The van der Waals surface area contributed by atoms with E-state index < -0.39 is 72.1 Å². The number of primary amides is 1. The Morgan fingerprint density at radius 1 is 0.879 bits per heavy atom. The molecule has 33 heavy (non-hydrogen) atoms. The van der Waals surface area contributed by atoms with E-state index >= 15 is 0 Å². The molecule has 4 amide bonds. The summed E-state index contributed by atoms with van der Waals surface area (Å²) in [7, 11) is 0. The highest BCUT2D eigenvalue weighted by Crippen LogP contribution is 2.07. The largest absolute Gasteiger partial charge is 0.481 e. The van der Waals surface area contributed by atoms with E-state index in [1.54, 1.807) is 20.1 Å². The second-order valence-corrected chi connectivity index (χ2v) is 8.67. The van der Waals surface area contributed by atoms with Crippen molar-refractivity contribution < 1.29 is 39.0 Å². The van der Waals surface area contributed by atoms with Gasteiger partial charge in [-0.1, -0.05) is 13.8 Å². The lowest BCUT2D eigenvalue weighted by Crippen LogP contribution is -2.58. The third-order valence-corrected chi connectivity index (χ3v) is 5.17. The number of carboxylic acid groups (broad SMARTS) is 2. The summed E-state index contributed by atoms with van der Waals surface area (Å²) in [6.45, 7) is 3.21. The fourth-order valence-corrected chi connectivity index (χ4v) is 3.11. The number of carbonyl (C=O) groups is 6. The smallest absolute Gasteiger partial charge is 0.326 e. The molecule has 0 aliphatic heterocycles. The van der Waals surface area contributed by atoms with Gasteiger partial charge in [-0.05, 0) is 30.8 Å². The highest BCUT2D eigenvalue weighted by molar-refractivity contribution is 7.98. The third-order valence-electron chi connectivity index (χ3n) is 4.52. The minimum Gasteiger partial charge on any atom is -0.481 e. The zero-order valence-electron chi connectivity index (χ0n) is 18.8. The number of aliphatic carboxylic acids is 2. The molecule has 0 aromatic rings. The number of nitrogens with one attached hydrogen (secondary N) is 3. The maximum absolute atomic E-state index is 12.7. The molecule has 0 heterocycles. The Hall–Kier alpha value is -2.87. The van der Waals surface area contributed by atoms with Gasteiger partial charge in [-0.25, -0.2) is 4.79 Å². The minimum absolute atomic E-state index is 0.104. The molecule has 9 N–H and O–H groups in total. The summed E-state index contributed by atoms with van der Waals surface area (Å²) in [6, 6.07) is -5.12. The summed E-state index contributed by atoms with van der Waals surface area (Å²) in [5, 5.41) is 25.4. The zero-order chi connectivity index (χ0) is 25.7. The lowest BCUT2D eigenvalue weighted by molar-refractivity contribution is -0.144. The fourth-order valence-electron chi connectivity index (χ4n) is 2.64. The molecule has 0 aromatic heterocycles. The molecule has 0 aliphatic carbocycles. The molecule has 0 aromatic carbocycles.